The van der Waals surface area contributed by atoms with E-state index in [0.717, 1.165) is 21.1 Å². The molecule has 0 spiro atoms. The molecule has 1 atom stereocenters. The van der Waals surface area contributed by atoms with E-state index < -0.39 is 0 Å². The fourth-order valence-corrected chi connectivity index (χ4v) is 3.27. The predicted molar refractivity (Wildman–Crippen MR) is 80.6 cm³/mol. The van der Waals surface area contributed by atoms with Crippen molar-refractivity contribution in [2.45, 2.75) is 12.5 Å². The van der Waals surface area contributed by atoms with Crippen molar-refractivity contribution in [3.8, 4) is 0 Å². The molecular weight excluding hydrogens is 358 g/mol. The van der Waals surface area contributed by atoms with E-state index in [1.54, 1.807) is 0 Å². The Kier molecular flexibility index (Phi) is 4.59. The molecule has 0 aliphatic heterocycles. The molecule has 18 heavy (non-hydrogen) atoms. The first-order valence-corrected chi connectivity index (χ1v) is 7.29. The summed E-state index contributed by atoms with van der Waals surface area (Å²) in [5, 5.41) is 7.76. The van der Waals surface area contributed by atoms with Gasteiger partial charge in [-0.2, -0.15) is 5.10 Å². The highest BCUT2D eigenvalue weighted by Gasteiger charge is 2.13. The number of hydrogen-bond acceptors (Lipinski definition) is 2. The first kappa shape index (κ1) is 13.8. The lowest BCUT2D eigenvalue weighted by molar-refractivity contribution is 0.577. The van der Waals surface area contributed by atoms with Crippen molar-refractivity contribution in [3.63, 3.8) is 0 Å². The van der Waals surface area contributed by atoms with Crippen LogP contribution in [0.5, 0.6) is 0 Å². The van der Waals surface area contributed by atoms with E-state index in [2.05, 4.69) is 60.5 Å². The van der Waals surface area contributed by atoms with E-state index in [-0.39, 0.29) is 6.04 Å². The maximum atomic E-state index is 4.42. The summed E-state index contributed by atoms with van der Waals surface area (Å²) in [4.78, 5) is 0. The highest BCUT2D eigenvalue weighted by molar-refractivity contribution is 9.11. The van der Waals surface area contributed by atoms with Crippen molar-refractivity contribution < 1.29 is 0 Å². The van der Waals surface area contributed by atoms with Gasteiger partial charge >= 0.3 is 0 Å². The van der Waals surface area contributed by atoms with Crippen LogP contribution in [-0.4, -0.2) is 16.8 Å². The molecule has 0 aliphatic carbocycles. The van der Waals surface area contributed by atoms with Crippen molar-refractivity contribution in [3.05, 3.63) is 50.7 Å². The van der Waals surface area contributed by atoms with Crippen molar-refractivity contribution in [1.82, 2.24) is 15.1 Å². The molecule has 1 unspecified atom stereocenters. The van der Waals surface area contributed by atoms with Crippen LogP contribution in [0.15, 0.2) is 39.4 Å². The average molecular weight is 373 g/mol. The van der Waals surface area contributed by atoms with E-state index in [9.17, 15) is 0 Å². The van der Waals surface area contributed by atoms with Crippen LogP contribution >= 0.6 is 31.9 Å². The Hall–Kier alpha value is -0.650. The van der Waals surface area contributed by atoms with Crippen LogP contribution in [0.4, 0.5) is 0 Å². The lowest BCUT2D eigenvalue weighted by Crippen LogP contribution is -2.19. The Labute approximate surface area is 124 Å². The topological polar surface area (TPSA) is 29.9 Å². The Morgan fingerprint density at radius 1 is 1.28 bits per heavy atom. The van der Waals surface area contributed by atoms with Gasteiger partial charge in [0.15, 0.2) is 0 Å². The van der Waals surface area contributed by atoms with Gasteiger partial charge in [0, 0.05) is 34.7 Å². The number of aromatic nitrogens is 2. The van der Waals surface area contributed by atoms with Crippen LogP contribution in [0, 0.1) is 0 Å². The zero-order valence-electron chi connectivity index (χ0n) is 10.3. The van der Waals surface area contributed by atoms with Crippen LogP contribution in [0.3, 0.4) is 0 Å². The summed E-state index contributed by atoms with van der Waals surface area (Å²) < 4.78 is 3.99. The number of nitrogens with one attached hydrogen (secondary N) is 1. The molecule has 2 rings (SSSR count). The van der Waals surface area contributed by atoms with Crippen LogP contribution in [0.1, 0.15) is 17.3 Å². The van der Waals surface area contributed by atoms with E-state index in [4.69, 9.17) is 0 Å². The minimum Gasteiger partial charge on any atom is -0.313 e. The van der Waals surface area contributed by atoms with Gasteiger partial charge in [-0.1, -0.05) is 31.9 Å². The number of aryl methyl sites for hydroxylation is 1. The van der Waals surface area contributed by atoms with Crippen LogP contribution in [0.25, 0.3) is 0 Å². The predicted octanol–water partition coefficient (Wildman–Crippen LogP) is 3.45. The van der Waals surface area contributed by atoms with Gasteiger partial charge in [-0.05, 0) is 36.9 Å². The number of halogens is 2. The Bertz CT molecular complexity index is 517. The van der Waals surface area contributed by atoms with Gasteiger partial charge in [0.25, 0.3) is 0 Å². The van der Waals surface area contributed by atoms with Crippen molar-refractivity contribution >= 4 is 31.9 Å². The Morgan fingerprint density at radius 3 is 2.44 bits per heavy atom. The SMILES string of the molecule is CNC(Cc1ccn(C)n1)c1cc(Br)cc(Br)c1. The molecule has 0 aliphatic rings. The summed E-state index contributed by atoms with van der Waals surface area (Å²) in [5.41, 5.74) is 2.33. The lowest BCUT2D eigenvalue weighted by Gasteiger charge is -2.16. The molecule has 1 N–H and O–H groups in total. The van der Waals surface area contributed by atoms with Gasteiger partial charge in [-0.25, -0.2) is 0 Å². The van der Waals surface area contributed by atoms with E-state index in [0.29, 0.717) is 0 Å². The molecular formula is C13H15Br2N3. The van der Waals surface area contributed by atoms with E-state index >= 15 is 0 Å². The maximum Gasteiger partial charge on any atom is 0.0643 e. The minimum atomic E-state index is 0.258. The molecule has 0 saturated heterocycles. The van der Waals surface area contributed by atoms with Gasteiger partial charge in [-0.15, -0.1) is 0 Å². The molecule has 96 valence electrons. The number of hydrogen-bond donors (Lipinski definition) is 1. The number of benzene rings is 1. The number of likely N-dealkylation sites (N-methyl/N-ethyl adjacent to an activating group) is 1. The van der Waals surface area contributed by atoms with Crippen molar-refractivity contribution in [1.29, 1.82) is 0 Å². The fraction of sp³-hybridized carbons (Fsp3) is 0.308. The molecule has 1 aromatic carbocycles. The summed E-state index contributed by atoms with van der Waals surface area (Å²) >= 11 is 7.04. The maximum absolute atomic E-state index is 4.42. The lowest BCUT2D eigenvalue weighted by atomic mass is 10.0. The molecule has 5 heteroatoms. The molecule has 1 heterocycles. The molecule has 0 saturated carbocycles. The van der Waals surface area contributed by atoms with E-state index in [1.165, 1.54) is 5.56 Å². The second-order valence-corrected chi connectivity index (χ2v) is 6.06. The highest BCUT2D eigenvalue weighted by atomic mass is 79.9. The third-order valence-electron chi connectivity index (χ3n) is 2.82. The van der Waals surface area contributed by atoms with Gasteiger partial charge < -0.3 is 5.32 Å². The molecule has 3 nitrogen and oxygen atoms in total. The first-order chi connectivity index (χ1) is 8.58. The average Bonchev–Trinajstić information content (AvgIpc) is 2.70. The largest absolute Gasteiger partial charge is 0.313 e. The number of nitrogens with zero attached hydrogens (tertiary/aromatic N) is 2. The van der Waals surface area contributed by atoms with Gasteiger partial charge in [0.05, 0.1) is 5.69 Å². The Morgan fingerprint density at radius 2 is 1.94 bits per heavy atom. The smallest absolute Gasteiger partial charge is 0.0643 e. The highest BCUT2D eigenvalue weighted by Crippen LogP contribution is 2.25. The van der Waals surface area contributed by atoms with Gasteiger partial charge in [-0.3, -0.25) is 4.68 Å². The third-order valence-corrected chi connectivity index (χ3v) is 3.73. The molecule has 0 fully saturated rings. The molecule has 0 amide bonds. The molecule has 0 radical (unpaired) electrons. The second-order valence-electron chi connectivity index (χ2n) is 4.23. The molecule has 1 aromatic heterocycles. The standard InChI is InChI=1S/C13H15Br2N3/c1-16-13(8-12-3-4-18(2)17-12)9-5-10(14)7-11(15)6-9/h3-7,13,16H,8H2,1-2H3. The number of rotatable bonds is 4. The summed E-state index contributed by atoms with van der Waals surface area (Å²) in [5.74, 6) is 0. The monoisotopic (exact) mass is 371 g/mol. The molecule has 0 bridgehead atoms. The van der Waals surface area contributed by atoms with Crippen LogP contribution < -0.4 is 5.32 Å². The zero-order chi connectivity index (χ0) is 13.1. The summed E-state index contributed by atoms with van der Waals surface area (Å²) in [6.45, 7) is 0. The minimum absolute atomic E-state index is 0.258. The van der Waals surface area contributed by atoms with Crippen LogP contribution in [-0.2, 0) is 13.5 Å². The summed E-state index contributed by atoms with van der Waals surface area (Å²) in [6, 6.07) is 8.62. The quantitative estimate of drug-likeness (QED) is 0.890. The summed E-state index contributed by atoms with van der Waals surface area (Å²) in [6.07, 6.45) is 2.85. The normalized spacial score (nSPS) is 12.7. The summed E-state index contributed by atoms with van der Waals surface area (Å²) in [7, 11) is 3.91. The van der Waals surface area contributed by atoms with E-state index in [1.807, 2.05) is 31.0 Å². The Balaban J connectivity index is 2.22. The first-order valence-electron chi connectivity index (χ1n) is 5.70. The van der Waals surface area contributed by atoms with Crippen molar-refractivity contribution in [2.75, 3.05) is 7.05 Å². The van der Waals surface area contributed by atoms with Gasteiger partial charge in [0.2, 0.25) is 0 Å². The van der Waals surface area contributed by atoms with Crippen molar-refractivity contribution in [2.24, 2.45) is 7.05 Å². The fourth-order valence-electron chi connectivity index (χ4n) is 1.94. The third kappa shape index (κ3) is 3.43. The second kappa shape index (κ2) is 5.99. The van der Waals surface area contributed by atoms with Crippen LogP contribution in [0.2, 0.25) is 0 Å². The zero-order valence-corrected chi connectivity index (χ0v) is 13.5. The molecule has 2 aromatic rings. The van der Waals surface area contributed by atoms with Gasteiger partial charge in [0.1, 0.15) is 0 Å².